The fraction of sp³-hybridized carbons (Fsp3) is 0.400. The Morgan fingerprint density at radius 3 is 3.12 bits per heavy atom. The number of nitrogens with one attached hydrogen (secondary N) is 1. The number of pyridine rings is 1. The molecule has 0 radical (unpaired) electrons. The van der Waals surface area contributed by atoms with Crippen LogP contribution < -0.4 is 5.32 Å². The zero-order chi connectivity index (χ0) is 11.4. The van der Waals surface area contributed by atoms with Crippen LogP contribution in [0.3, 0.4) is 0 Å². The van der Waals surface area contributed by atoms with E-state index in [1.54, 1.807) is 4.52 Å². The SMILES string of the molecule is CCS(=O)CCNc1nc2ccccn2n1. The van der Waals surface area contributed by atoms with Crippen molar-refractivity contribution in [1.29, 1.82) is 0 Å². The van der Waals surface area contributed by atoms with Crippen molar-refractivity contribution in [3.8, 4) is 0 Å². The molecule has 2 aromatic heterocycles. The van der Waals surface area contributed by atoms with Gasteiger partial charge in [-0.05, 0) is 12.1 Å². The highest BCUT2D eigenvalue weighted by Gasteiger charge is 2.02. The maximum absolute atomic E-state index is 11.2. The number of hydrogen-bond donors (Lipinski definition) is 1. The number of nitrogens with zero attached hydrogens (tertiary/aromatic N) is 3. The van der Waals surface area contributed by atoms with E-state index in [0.717, 1.165) is 5.65 Å². The fourth-order valence-electron chi connectivity index (χ4n) is 1.33. The molecule has 0 fully saturated rings. The third-order valence-corrected chi connectivity index (χ3v) is 3.48. The molecule has 0 aliphatic carbocycles. The van der Waals surface area contributed by atoms with Gasteiger partial charge < -0.3 is 5.32 Å². The fourth-order valence-corrected chi connectivity index (χ4v) is 1.95. The van der Waals surface area contributed by atoms with Crippen LogP contribution in [0.2, 0.25) is 0 Å². The maximum Gasteiger partial charge on any atom is 0.243 e. The van der Waals surface area contributed by atoms with Crippen molar-refractivity contribution in [3.05, 3.63) is 24.4 Å². The maximum atomic E-state index is 11.2. The van der Waals surface area contributed by atoms with E-state index in [0.29, 0.717) is 24.0 Å². The van der Waals surface area contributed by atoms with Gasteiger partial charge in [0.05, 0.1) is 0 Å². The van der Waals surface area contributed by atoms with Crippen molar-refractivity contribution in [2.45, 2.75) is 6.92 Å². The Balaban J connectivity index is 1.97. The number of anilines is 1. The lowest BCUT2D eigenvalue weighted by atomic mass is 10.5. The topological polar surface area (TPSA) is 59.3 Å². The van der Waals surface area contributed by atoms with Gasteiger partial charge in [0.15, 0.2) is 5.65 Å². The molecule has 0 aromatic carbocycles. The predicted octanol–water partition coefficient (Wildman–Crippen LogP) is 0.910. The van der Waals surface area contributed by atoms with Gasteiger partial charge in [-0.3, -0.25) is 4.21 Å². The number of aromatic nitrogens is 3. The van der Waals surface area contributed by atoms with Crippen molar-refractivity contribution in [3.63, 3.8) is 0 Å². The van der Waals surface area contributed by atoms with Crippen LogP contribution in [0.4, 0.5) is 5.95 Å². The molecule has 16 heavy (non-hydrogen) atoms. The summed E-state index contributed by atoms with van der Waals surface area (Å²) < 4.78 is 12.9. The Bertz CT molecular complexity index is 463. The Morgan fingerprint density at radius 2 is 2.38 bits per heavy atom. The third-order valence-electron chi connectivity index (χ3n) is 2.18. The Kier molecular flexibility index (Phi) is 3.51. The highest BCUT2D eigenvalue weighted by molar-refractivity contribution is 7.84. The standard InChI is InChI=1S/C10H14N4OS/c1-2-16(15)8-6-11-10-12-9-5-3-4-7-14(9)13-10/h3-5,7H,2,6,8H2,1H3,(H,11,13). The Labute approximate surface area is 96.3 Å². The van der Waals surface area contributed by atoms with Crippen LogP contribution >= 0.6 is 0 Å². The van der Waals surface area contributed by atoms with Crippen LogP contribution in [-0.4, -0.2) is 36.9 Å². The average Bonchev–Trinajstić information content (AvgIpc) is 2.71. The first kappa shape index (κ1) is 11.1. The second-order valence-electron chi connectivity index (χ2n) is 3.30. The first-order valence-corrected chi connectivity index (χ1v) is 6.68. The van der Waals surface area contributed by atoms with Gasteiger partial charge in [0.1, 0.15) is 0 Å². The van der Waals surface area contributed by atoms with Crippen LogP contribution in [0.25, 0.3) is 5.65 Å². The second kappa shape index (κ2) is 5.07. The minimum atomic E-state index is -0.743. The molecule has 1 unspecified atom stereocenters. The molecule has 6 heteroatoms. The zero-order valence-corrected chi connectivity index (χ0v) is 9.91. The van der Waals surface area contributed by atoms with Crippen molar-refractivity contribution in [1.82, 2.24) is 14.6 Å². The zero-order valence-electron chi connectivity index (χ0n) is 9.09. The van der Waals surface area contributed by atoms with Gasteiger partial charge in [0, 0.05) is 35.0 Å². The van der Waals surface area contributed by atoms with E-state index in [2.05, 4.69) is 15.4 Å². The van der Waals surface area contributed by atoms with E-state index in [1.807, 2.05) is 31.3 Å². The normalized spacial score (nSPS) is 12.8. The molecule has 0 bridgehead atoms. The lowest BCUT2D eigenvalue weighted by Gasteiger charge is -1.99. The smallest absolute Gasteiger partial charge is 0.243 e. The van der Waals surface area contributed by atoms with Gasteiger partial charge in [-0.15, -0.1) is 5.10 Å². The Hall–Kier alpha value is -1.43. The van der Waals surface area contributed by atoms with E-state index in [9.17, 15) is 4.21 Å². The molecule has 2 aromatic rings. The van der Waals surface area contributed by atoms with E-state index in [-0.39, 0.29) is 0 Å². The van der Waals surface area contributed by atoms with Crippen molar-refractivity contribution >= 4 is 22.4 Å². The molecule has 1 atom stereocenters. The van der Waals surface area contributed by atoms with Gasteiger partial charge in [-0.2, -0.15) is 4.98 Å². The summed E-state index contributed by atoms with van der Waals surface area (Å²) in [5.41, 5.74) is 0.807. The first-order chi connectivity index (χ1) is 7.79. The summed E-state index contributed by atoms with van der Waals surface area (Å²) in [6.07, 6.45) is 1.84. The van der Waals surface area contributed by atoms with Crippen LogP contribution in [0.5, 0.6) is 0 Å². The number of rotatable bonds is 5. The average molecular weight is 238 g/mol. The highest BCUT2D eigenvalue weighted by atomic mass is 32.2. The van der Waals surface area contributed by atoms with Crippen molar-refractivity contribution in [2.75, 3.05) is 23.4 Å². The molecule has 2 heterocycles. The summed E-state index contributed by atoms with van der Waals surface area (Å²) in [5, 5.41) is 7.29. The molecule has 0 saturated carbocycles. The molecule has 0 amide bonds. The number of hydrogen-bond acceptors (Lipinski definition) is 4. The molecule has 5 nitrogen and oxygen atoms in total. The molecule has 0 aliphatic rings. The van der Waals surface area contributed by atoms with Gasteiger partial charge in [-0.25, -0.2) is 4.52 Å². The summed E-state index contributed by atoms with van der Waals surface area (Å²) in [7, 11) is -0.743. The molecule has 0 spiro atoms. The van der Waals surface area contributed by atoms with Gasteiger partial charge in [0.25, 0.3) is 0 Å². The van der Waals surface area contributed by atoms with Crippen molar-refractivity contribution in [2.24, 2.45) is 0 Å². The van der Waals surface area contributed by atoms with E-state index in [1.165, 1.54) is 0 Å². The molecule has 86 valence electrons. The van der Waals surface area contributed by atoms with Gasteiger partial charge in [0.2, 0.25) is 5.95 Å². The first-order valence-electron chi connectivity index (χ1n) is 5.20. The monoisotopic (exact) mass is 238 g/mol. The van der Waals surface area contributed by atoms with E-state index < -0.39 is 10.8 Å². The second-order valence-corrected chi connectivity index (χ2v) is 5.16. The van der Waals surface area contributed by atoms with Gasteiger partial charge >= 0.3 is 0 Å². The van der Waals surface area contributed by atoms with Crippen molar-refractivity contribution < 1.29 is 4.21 Å². The summed E-state index contributed by atoms with van der Waals surface area (Å²) in [5.74, 6) is 1.91. The molecular weight excluding hydrogens is 224 g/mol. The van der Waals surface area contributed by atoms with E-state index in [4.69, 9.17) is 0 Å². The summed E-state index contributed by atoms with van der Waals surface area (Å²) >= 11 is 0. The van der Waals surface area contributed by atoms with Crippen LogP contribution in [0.15, 0.2) is 24.4 Å². The predicted molar refractivity (Wildman–Crippen MR) is 65.0 cm³/mol. The molecule has 0 aliphatic heterocycles. The molecule has 0 saturated heterocycles. The Morgan fingerprint density at radius 1 is 1.50 bits per heavy atom. The van der Waals surface area contributed by atoms with Gasteiger partial charge in [-0.1, -0.05) is 13.0 Å². The minimum Gasteiger partial charge on any atom is -0.352 e. The summed E-state index contributed by atoms with van der Waals surface area (Å²) in [6.45, 7) is 2.55. The third kappa shape index (κ3) is 2.57. The highest BCUT2D eigenvalue weighted by Crippen LogP contribution is 2.03. The lowest BCUT2D eigenvalue weighted by Crippen LogP contribution is -2.12. The van der Waals surface area contributed by atoms with Crippen LogP contribution in [0.1, 0.15) is 6.92 Å². The molecular formula is C10H14N4OS. The van der Waals surface area contributed by atoms with Crippen LogP contribution in [0, 0.1) is 0 Å². The quantitative estimate of drug-likeness (QED) is 0.841. The summed E-state index contributed by atoms with van der Waals surface area (Å²) in [6, 6.07) is 5.71. The largest absolute Gasteiger partial charge is 0.352 e. The van der Waals surface area contributed by atoms with Crippen LogP contribution in [-0.2, 0) is 10.8 Å². The molecule has 1 N–H and O–H groups in total. The molecule has 2 rings (SSSR count). The summed E-state index contributed by atoms with van der Waals surface area (Å²) in [4.78, 5) is 4.28. The van der Waals surface area contributed by atoms with E-state index >= 15 is 0 Å². The minimum absolute atomic E-state index is 0.583. The lowest BCUT2D eigenvalue weighted by molar-refractivity contribution is 0.684. The number of fused-ring (bicyclic) bond motifs is 1.